The van der Waals surface area contributed by atoms with Crippen LogP contribution in [0.1, 0.15) is 33.1 Å². The van der Waals surface area contributed by atoms with E-state index in [4.69, 9.17) is 0 Å². The third-order valence-electron chi connectivity index (χ3n) is 4.17. The van der Waals surface area contributed by atoms with Crippen molar-refractivity contribution in [3.05, 3.63) is 18.5 Å². The molecule has 0 aliphatic carbocycles. The van der Waals surface area contributed by atoms with Crippen LogP contribution in [0, 0.1) is 5.92 Å². The Morgan fingerprint density at radius 1 is 1.45 bits per heavy atom. The van der Waals surface area contributed by atoms with Crippen molar-refractivity contribution in [3.8, 4) is 0 Å². The van der Waals surface area contributed by atoms with Crippen LogP contribution in [0.4, 0.5) is 0 Å². The number of amides is 1. The first-order chi connectivity index (χ1) is 9.65. The van der Waals surface area contributed by atoms with Gasteiger partial charge in [0, 0.05) is 45.0 Å². The third-order valence-corrected chi connectivity index (χ3v) is 4.17. The Morgan fingerprint density at radius 2 is 2.20 bits per heavy atom. The van der Waals surface area contributed by atoms with Gasteiger partial charge in [0.25, 0.3) is 0 Å². The topological polar surface area (TPSA) is 50.2 Å². The lowest BCUT2D eigenvalue weighted by molar-refractivity contribution is -0.130. The Bertz CT molecular complexity index is 396. The van der Waals surface area contributed by atoms with E-state index in [2.05, 4.69) is 17.3 Å². The predicted molar refractivity (Wildman–Crippen MR) is 79.3 cm³/mol. The molecule has 2 rings (SSSR count). The van der Waals surface area contributed by atoms with E-state index >= 15 is 0 Å². The molecule has 5 heteroatoms. The van der Waals surface area contributed by atoms with Crippen molar-refractivity contribution in [2.24, 2.45) is 5.92 Å². The first-order valence-electron chi connectivity index (χ1n) is 7.61. The maximum Gasteiger partial charge on any atom is 0.219 e. The summed E-state index contributed by atoms with van der Waals surface area (Å²) in [7, 11) is 0. The summed E-state index contributed by atoms with van der Waals surface area (Å²) in [6, 6.07) is 2.46. The van der Waals surface area contributed by atoms with Gasteiger partial charge >= 0.3 is 0 Å². The lowest BCUT2D eigenvalue weighted by Crippen LogP contribution is -2.41. The van der Waals surface area contributed by atoms with Crippen LogP contribution in [-0.2, 0) is 11.3 Å². The number of aryl methyl sites for hydroxylation is 1. The quantitative estimate of drug-likeness (QED) is 0.858. The molecule has 2 heterocycles. The summed E-state index contributed by atoms with van der Waals surface area (Å²) >= 11 is 0. The Morgan fingerprint density at radius 3 is 2.80 bits per heavy atom. The van der Waals surface area contributed by atoms with Crippen molar-refractivity contribution in [2.45, 2.75) is 45.7 Å². The van der Waals surface area contributed by atoms with Gasteiger partial charge < -0.3 is 10.2 Å². The molecule has 0 aromatic carbocycles. The van der Waals surface area contributed by atoms with E-state index in [-0.39, 0.29) is 5.91 Å². The molecule has 1 aliphatic rings. The first kappa shape index (κ1) is 15.0. The zero-order valence-corrected chi connectivity index (χ0v) is 12.6. The summed E-state index contributed by atoms with van der Waals surface area (Å²) in [5.41, 5.74) is 0. The molecule has 1 aromatic rings. The fraction of sp³-hybridized carbons (Fsp3) is 0.733. The van der Waals surface area contributed by atoms with Crippen molar-refractivity contribution in [3.63, 3.8) is 0 Å². The zero-order chi connectivity index (χ0) is 14.4. The molecule has 1 unspecified atom stereocenters. The first-order valence-corrected chi connectivity index (χ1v) is 7.61. The standard InChI is InChI=1S/C15H26N4O/c1-13(4-11-19-8-3-7-17-19)16-12-15-5-9-18(10-6-15)14(2)20/h3,7-8,13,15-16H,4-6,9-12H2,1-2H3. The van der Waals surface area contributed by atoms with Crippen LogP contribution in [0.2, 0.25) is 0 Å². The van der Waals surface area contributed by atoms with Gasteiger partial charge in [-0.25, -0.2) is 0 Å². The van der Waals surface area contributed by atoms with Crippen LogP contribution in [-0.4, -0.2) is 46.3 Å². The highest BCUT2D eigenvalue weighted by Crippen LogP contribution is 2.16. The van der Waals surface area contributed by atoms with Gasteiger partial charge in [-0.3, -0.25) is 9.48 Å². The minimum absolute atomic E-state index is 0.212. The second kappa shape index (κ2) is 7.43. The fourth-order valence-corrected chi connectivity index (χ4v) is 2.68. The molecule has 0 spiro atoms. The molecule has 1 saturated heterocycles. The predicted octanol–water partition coefficient (Wildman–Crippen LogP) is 1.51. The summed E-state index contributed by atoms with van der Waals surface area (Å²) in [6.45, 7) is 7.76. The SMILES string of the molecule is CC(=O)N1CCC(CNC(C)CCn2cccn2)CC1. The number of carbonyl (C=O) groups is 1. The van der Waals surface area contributed by atoms with Gasteiger partial charge in [-0.05, 0) is 44.7 Å². The lowest BCUT2D eigenvalue weighted by atomic mass is 9.96. The molecule has 1 amide bonds. The van der Waals surface area contributed by atoms with Crippen molar-refractivity contribution in [1.82, 2.24) is 20.0 Å². The second-order valence-corrected chi connectivity index (χ2v) is 5.82. The Balaban J connectivity index is 1.59. The molecule has 5 nitrogen and oxygen atoms in total. The monoisotopic (exact) mass is 278 g/mol. The molecule has 1 aliphatic heterocycles. The Kier molecular flexibility index (Phi) is 5.59. The molecule has 1 N–H and O–H groups in total. The molecule has 1 fully saturated rings. The number of carbonyl (C=O) groups excluding carboxylic acids is 1. The number of piperidine rings is 1. The van der Waals surface area contributed by atoms with Gasteiger partial charge in [0.15, 0.2) is 0 Å². The third kappa shape index (κ3) is 4.63. The number of hydrogen-bond acceptors (Lipinski definition) is 3. The van der Waals surface area contributed by atoms with Crippen LogP contribution in [0.25, 0.3) is 0 Å². The second-order valence-electron chi connectivity index (χ2n) is 5.82. The molecule has 1 aromatic heterocycles. The highest BCUT2D eigenvalue weighted by Gasteiger charge is 2.20. The van der Waals surface area contributed by atoms with E-state index in [1.54, 1.807) is 6.92 Å². The van der Waals surface area contributed by atoms with E-state index in [1.165, 1.54) is 0 Å². The minimum atomic E-state index is 0.212. The number of nitrogens with one attached hydrogen (secondary N) is 1. The zero-order valence-electron chi connectivity index (χ0n) is 12.6. The largest absolute Gasteiger partial charge is 0.343 e. The molecule has 1 atom stereocenters. The molecule has 20 heavy (non-hydrogen) atoms. The number of aromatic nitrogens is 2. The van der Waals surface area contributed by atoms with E-state index in [1.807, 2.05) is 28.0 Å². The van der Waals surface area contributed by atoms with Gasteiger partial charge in [0.1, 0.15) is 0 Å². The molecule has 0 saturated carbocycles. The smallest absolute Gasteiger partial charge is 0.219 e. The average molecular weight is 278 g/mol. The molecular weight excluding hydrogens is 252 g/mol. The van der Waals surface area contributed by atoms with Crippen molar-refractivity contribution in [1.29, 1.82) is 0 Å². The maximum atomic E-state index is 11.3. The summed E-state index contributed by atoms with van der Waals surface area (Å²) < 4.78 is 1.98. The summed E-state index contributed by atoms with van der Waals surface area (Å²) in [5, 5.41) is 7.83. The van der Waals surface area contributed by atoms with Crippen LogP contribution in [0.3, 0.4) is 0 Å². The van der Waals surface area contributed by atoms with E-state index in [0.717, 1.165) is 45.4 Å². The van der Waals surface area contributed by atoms with Gasteiger partial charge in [0.05, 0.1) is 0 Å². The van der Waals surface area contributed by atoms with Crippen molar-refractivity contribution in [2.75, 3.05) is 19.6 Å². The van der Waals surface area contributed by atoms with Gasteiger partial charge in [0.2, 0.25) is 5.91 Å². The van der Waals surface area contributed by atoms with Crippen LogP contribution in [0.15, 0.2) is 18.5 Å². The summed E-state index contributed by atoms with van der Waals surface area (Å²) in [4.78, 5) is 13.2. The van der Waals surface area contributed by atoms with E-state index in [9.17, 15) is 4.79 Å². The number of likely N-dealkylation sites (tertiary alicyclic amines) is 1. The molecular formula is C15H26N4O. The Hall–Kier alpha value is -1.36. The lowest BCUT2D eigenvalue weighted by Gasteiger charge is -2.32. The average Bonchev–Trinajstić information content (AvgIpc) is 2.96. The molecule has 0 bridgehead atoms. The van der Waals surface area contributed by atoms with Gasteiger partial charge in [-0.1, -0.05) is 0 Å². The Labute approximate surface area is 121 Å². The van der Waals surface area contributed by atoms with Crippen molar-refractivity contribution >= 4 is 5.91 Å². The highest BCUT2D eigenvalue weighted by molar-refractivity contribution is 5.73. The van der Waals surface area contributed by atoms with Crippen molar-refractivity contribution < 1.29 is 4.79 Å². The molecule has 0 radical (unpaired) electrons. The summed E-state index contributed by atoms with van der Waals surface area (Å²) in [6.07, 6.45) is 7.16. The van der Waals surface area contributed by atoms with Gasteiger partial charge in [-0.2, -0.15) is 5.10 Å². The number of rotatable bonds is 6. The van der Waals surface area contributed by atoms with Crippen LogP contribution in [0.5, 0.6) is 0 Å². The van der Waals surface area contributed by atoms with Crippen LogP contribution < -0.4 is 5.32 Å². The van der Waals surface area contributed by atoms with E-state index < -0.39 is 0 Å². The minimum Gasteiger partial charge on any atom is -0.343 e. The van der Waals surface area contributed by atoms with Crippen LogP contribution >= 0.6 is 0 Å². The number of hydrogen-bond donors (Lipinski definition) is 1. The fourth-order valence-electron chi connectivity index (χ4n) is 2.68. The van der Waals surface area contributed by atoms with E-state index in [0.29, 0.717) is 12.0 Å². The summed E-state index contributed by atoms with van der Waals surface area (Å²) in [5.74, 6) is 0.918. The normalized spacial score (nSPS) is 18.2. The highest BCUT2D eigenvalue weighted by atomic mass is 16.2. The van der Waals surface area contributed by atoms with Gasteiger partial charge in [-0.15, -0.1) is 0 Å². The maximum absolute atomic E-state index is 11.3. The molecule has 112 valence electrons. The number of nitrogens with zero attached hydrogens (tertiary/aromatic N) is 3.